The Hall–Kier alpha value is -2.56. The SMILES string of the molecule is COc1ccc(CN2CC3(CCCCC3)N(c3cccc(F)c3)C2=O)cc1. The topological polar surface area (TPSA) is 32.8 Å². The lowest BCUT2D eigenvalue weighted by Gasteiger charge is -2.40. The average molecular weight is 368 g/mol. The molecule has 2 amide bonds. The number of hydrogen-bond donors (Lipinski definition) is 0. The van der Waals surface area contributed by atoms with Gasteiger partial charge >= 0.3 is 6.03 Å². The summed E-state index contributed by atoms with van der Waals surface area (Å²) in [6, 6.07) is 14.2. The number of urea groups is 1. The number of hydrogen-bond acceptors (Lipinski definition) is 2. The lowest BCUT2D eigenvalue weighted by molar-refractivity contribution is 0.216. The molecule has 2 aromatic rings. The molecule has 0 aromatic heterocycles. The van der Waals surface area contributed by atoms with Gasteiger partial charge < -0.3 is 9.64 Å². The van der Waals surface area contributed by atoms with Gasteiger partial charge in [0.2, 0.25) is 0 Å². The molecular formula is C22H25FN2O2. The first kappa shape index (κ1) is 17.8. The smallest absolute Gasteiger partial charge is 0.325 e. The van der Waals surface area contributed by atoms with Crippen LogP contribution in [0.2, 0.25) is 0 Å². The Morgan fingerprint density at radius 1 is 1.07 bits per heavy atom. The average Bonchev–Trinajstić information content (AvgIpc) is 2.93. The zero-order chi connectivity index (χ0) is 18.9. The van der Waals surface area contributed by atoms with E-state index >= 15 is 0 Å². The summed E-state index contributed by atoms with van der Waals surface area (Å²) in [5.41, 5.74) is 1.51. The summed E-state index contributed by atoms with van der Waals surface area (Å²) in [7, 11) is 1.64. The van der Waals surface area contributed by atoms with E-state index in [1.807, 2.05) is 40.1 Å². The highest BCUT2D eigenvalue weighted by Crippen LogP contribution is 2.42. The maximum atomic E-state index is 13.9. The Labute approximate surface area is 159 Å². The van der Waals surface area contributed by atoms with Crippen LogP contribution >= 0.6 is 0 Å². The fourth-order valence-electron chi connectivity index (χ4n) is 4.50. The van der Waals surface area contributed by atoms with Crippen LogP contribution in [0.5, 0.6) is 5.75 Å². The van der Waals surface area contributed by atoms with Crippen LogP contribution in [0.25, 0.3) is 0 Å². The van der Waals surface area contributed by atoms with E-state index in [2.05, 4.69) is 0 Å². The van der Waals surface area contributed by atoms with Crippen molar-refractivity contribution in [2.24, 2.45) is 0 Å². The fraction of sp³-hybridized carbons (Fsp3) is 0.409. The van der Waals surface area contributed by atoms with Crippen LogP contribution in [0.4, 0.5) is 14.9 Å². The van der Waals surface area contributed by atoms with Crippen molar-refractivity contribution in [3.63, 3.8) is 0 Å². The van der Waals surface area contributed by atoms with Crippen molar-refractivity contribution in [2.45, 2.75) is 44.2 Å². The first-order valence-corrected chi connectivity index (χ1v) is 9.59. The summed E-state index contributed by atoms with van der Waals surface area (Å²) in [4.78, 5) is 17.1. The highest BCUT2D eigenvalue weighted by molar-refractivity contribution is 5.96. The van der Waals surface area contributed by atoms with E-state index in [1.165, 1.54) is 18.6 Å². The van der Waals surface area contributed by atoms with Crippen LogP contribution in [-0.2, 0) is 6.54 Å². The number of halogens is 1. The van der Waals surface area contributed by atoms with Gasteiger partial charge in [-0.2, -0.15) is 0 Å². The first-order valence-electron chi connectivity index (χ1n) is 9.59. The van der Waals surface area contributed by atoms with Crippen molar-refractivity contribution in [1.82, 2.24) is 4.90 Å². The van der Waals surface area contributed by atoms with Crippen LogP contribution in [-0.4, -0.2) is 30.1 Å². The Morgan fingerprint density at radius 2 is 1.81 bits per heavy atom. The van der Waals surface area contributed by atoms with Crippen molar-refractivity contribution in [3.8, 4) is 5.75 Å². The van der Waals surface area contributed by atoms with Gasteiger partial charge in [-0.15, -0.1) is 0 Å². The number of benzene rings is 2. The quantitative estimate of drug-likeness (QED) is 0.762. The first-order chi connectivity index (χ1) is 13.1. The third kappa shape index (κ3) is 3.38. The molecule has 4 rings (SSSR count). The molecule has 2 fully saturated rings. The highest BCUT2D eigenvalue weighted by atomic mass is 19.1. The summed E-state index contributed by atoms with van der Waals surface area (Å²) < 4.78 is 19.1. The molecule has 1 aliphatic carbocycles. The van der Waals surface area contributed by atoms with E-state index in [9.17, 15) is 9.18 Å². The van der Waals surface area contributed by atoms with E-state index in [-0.39, 0.29) is 17.4 Å². The maximum absolute atomic E-state index is 13.9. The van der Waals surface area contributed by atoms with Gasteiger partial charge in [-0.05, 0) is 48.7 Å². The van der Waals surface area contributed by atoms with Crippen LogP contribution in [0.3, 0.4) is 0 Å². The van der Waals surface area contributed by atoms with Gasteiger partial charge in [0.25, 0.3) is 0 Å². The van der Waals surface area contributed by atoms with Gasteiger partial charge in [-0.1, -0.05) is 37.5 Å². The third-order valence-corrected chi connectivity index (χ3v) is 5.80. The number of methoxy groups -OCH3 is 1. The molecular weight excluding hydrogens is 343 g/mol. The van der Waals surface area contributed by atoms with Crippen LogP contribution < -0.4 is 9.64 Å². The second-order valence-corrected chi connectivity index (χ2v) is 7.59. The zero-order valence-corrected chi connectivity index (χ0v) is 15.7. The number of rotatable bonds is 4. The summed E-state index contributed by atoms with van der Waals surface area (Å²) in [6.07, 6.45) is 5.35. The Kier molecular flexibility index (Phi) is 4.77. The predicted molar refractivity (Wildman–Crippen MR) is 103 cm³/mol. The molecule has 5 heteroatoms. The molecule has 142 valence electrons. The highest BCUT2D eigenvalue weighted by Gasteiger charge is 2.50. The van der Waals surface area contributed by atoms with Gasteiger partial charge in [-0.25, -0.2) is 9.18 Å². The number of carbonyl (C=O) groups is 1. The molecule has 0 radical (unpaired) electrons. The molecule has 2 aromatic carbocycles. The number of amides is 2. The van der Waals surface area contributed by atoms with Crippen LogP contribution in [0.15, 0.2) is 48.5 Å². The standard InChI is InChI=1S/C22H25FN2O2/c1-27-20-10-8-17(9-11-20)15-24-16-22(12-3-2-4-13-22)25(21(24)26)19-7-5-6-18(23)14-19/h5-11,14H,2-4,12-13,15-16H2,1H3. The van der Waals surface area contributed by atoms with Crippen molar-refractivity contribution in [3.05, 3.63) is 59.9 Å². The molecule has 1 saturated carbocycles. The van der Waals surface area contributed by atoms with Crippen LogP contribution in [0.1, 0.15) is 37.7 Å². The minimum absolute atomic E-state index is 0.0293. The van der Waals surface area contributed by atoms with E-state index in [0.717, 1.165) is 37.0 Å². The Morgan fingerprint density at radius 3 is 2.48 bits per heavy atom. The molecule has 0 bridgehead atoms. The number of anilines is 1. The van der Waals surface area contributed by atoms with Crippen molar-refractivity contribution >= 4 is 11.7 Å². The molecule has 1 spiro atoms. The molecule has 1 heterocycles. The molecule has 0 unspecified atom stereocenters. The second-order valence-electron chi connectivity index (χ2n) is 7.59. The predicted octanol–water partition coefficient (Wildman–Crippen LogP) is 4.98. The largest absolute Gasteiger partial charge is 0.497 e. The third-order valence-electron chi connectivity index (χ3n) is 5.80. The summed E-state index contributed by atoms with van der Waals surface area (Å²) in [6.45, 7) is 1.24. The summed E-state index contributed by atoms with van der Waals surface area (Å²) in [5, 5.41) is 0. The number of carbonyl (C=O) groups excluding carboxylic acids is 1. The van der Waals surface area contributed by atoms with Crippen molar-refractivity contribution in [2.75, 3.05) is 18.6 Å². The molecule has 1 aliphatic heterocycles. The lowest BCUT2D eigenvalue weighted by Crippen LogP contribution is -2.48. The molecule has 0 atom stereocenters. The Balaban J connectivity index is 1.63. The number of ether oxygens (including phenoxy) is 1. The molecule has 27 heavy (non-hydrogen) atoms. The van der Waals surface area contributed by atoms with Gasteiger partial charge in [0.05, 0.1) is 12.6 Å². The monoisotopic (exact) mass is 368 g/mol. The van der Waals surface area contributed by atoms with Gasteiger partial charge in [0, 0.05) is 18.8 Å². The van der Waals surface area contributed by atoms with Gasteiger partial charge in [0.1, 0.15) is 11.6 Å². The number of nitrogens with zero attached hydrogens (tertiary/aromatic N) is 2. The lowest BCUT2D eigenvalue weighted by atomic mass is 9.81. The van der Waals surface area contributed by atoms with Crippen LogP contribution in [0, 0.1) is 5.82 Å². The minimum Gasteiger partial charge on any atom is -0.497 e. The van der Waals surface area contributed by atoms with Crippen molar-refractivity contribution < 1.29 is 13.9 Å². The van der Waals surface area contributed by atoms with Gasteiger partial charge in [-0.3, -0.25) is 4.90 Å². The van der Waals surface area contributed by atoms with E-state index in [0.29, 0.717) is 18.8 Å². The van der Waals surface area contributed by atoms with Gasteiger partial charge in [0.15, 0.2) is 0 Å². The normalized spacial score (nSPS) is 19.0. The minimum atomic E-state index is -0.306. The van der Waals surface area contributed by atoms with E-state index in [1.54, 1.807) is 13.2 Å². The zero-order valence-electron chi connectivity index (χ0n) is 15.7. The fourth-order valence-corrected chi connectivity index (χ4v) is 4.50. The molecule has 4 nitrogen and oxygen atoms in total. The maximum Gasteiger partial charge on any atom is 0.325 e. The van der Waals surface area contributed by atoms with Crippen molar-refractivity contribution in [1.29, 1.82) is 0 Å². The molecule has 1 saturated heterocycles. The van der Waals surface area contributed by atoms with E-state index in [4.69, 9.17) is 4.74 Å². The molecule has 2 aliphatic rings. The summed E-state index contributed by atoms with van der Waals surface area (Å²) >= 11 is 0. The Bertz CT molecular complexity index is 815. The summed E-state index contributed by atoms with van der Waals surface area (Å²) in [5.74, 6) is 0.497. The second kappa shape index (κ2) is 7.22. The van der Waals surface area contributed by atoms with E-state index < -0.39 is 0 Å². The molecule has 0 N–H and O–H groups in total.